The van der Waals surface area contributed by atoms with Crippen molar-refractivity contribution < 1.29 is 28.6 Å². The molecule has 0 rings (SSSR count). The molecule has 6 nitrogen and oxygen atoms in total. The lowest BCUT2D eigenvalue weighted by molar-refractivity contribution is -0.166. The maximum absolute atomic E-state index is 12.8. The molecule has 0 aliphatic heterocycles. The van der Waals surface area contributed by atoms with E-state index >= 15 is 0 Å². The van der Waals surface area contributed by atoms with Gasteiger partial charge in [-0.15, -0.1) is 0 Å². The third kappa shape index (κ3) is 52.5. The number of allylic oxidation sites excluding steroid dienone is 22. The van der Waals surface area contributed by atoms with Gasteiger partial charge < -0.3 is 14.2 Å². The Hall–Kier alpha value is -4.45. The van der Waals surface area contributed by atoms with Crippen LogP contribution in [0.4, 0.5) is 0 Å². The van der Waals surface area contributed by atoms with Crippen LogP contribution in [0.25, 0.3) is 0 Å². The molecule has 0 aromatic rings. The van der Waals surface area contributed by atoms with Crippen molar-refractivity contribution in [3.63, 3.8) is 0 Å². The van der Waals surface area contributed by atoms with Crippen molar-refractivity contribution in [1.82, 2.24) is 0 Å². The number of carbonyl (C=O) groups is 3. The Labute approximate surface area is 417 Å². The lowest BCUT2D eigenvalue weighted by Gasteiger charge is -2.18. The summed E-state index contributed by atoms with van der Waals surface area (Å²) in [4.78, 5) is 38.0. The minimum atomic E-state index is -0.829. The first-order valence-corrected chi connectivity index (χ1v) is 27.2. The second-order valence-electron chi connectivity index (χ2n) is 17.4. The molecule has 0 N–H and O–H groups in total. The van der Waals surface area contributed by atoms with Gasteiger partial charge in [0.25, 0.3) is 0 Å². The van der Waals surface area contributed by atoms with E-state index in [1.54, 1.807) is 0 Å². The van der Waals surface area contributed by atoms with E-state index < -0.39 is 6.10 Å². The first kappa shape index (κ1) is 63.5. The zero-order valence-electron chi connectivity index (χ0n) is 43.6. The van der Waals surface area contributed by atoms with Crippen molar-refractivity contribution in [2.45, 2.75) is 226 Å². The molecule has 0 unspecified atom stereocenters. The zero-order valence-corrected chi connectivity index (χ0v) is 43.6. The molecular formula is C62H98O6. The minimum Gasteiger partial charge on any atom is -0.462 e. The third-order valence-electron chi connectivity index (χ3n) is 10.9. The van der Waals surface area contributed by atoms with Gasteiger partial charge in [-0.2, -0.15) is 0 Å². The highest BCUT2D eigenvalue weighted by molar-refractivity contribution is 5.71. The van der Waals surface area contributed by atoms with Crippen molar-refractivity contribution in [3.8, 4) is 0 Å². The van der Waals surface area contributed by atoms with Crippen LogP contribution in [0.3, 0.4) is 0 Å². The Bertz CT molecular complexity index is 1500. The lowest BCUT2D eigenvalue weighted by Crippen LogP contribution is -2.30. The van der Waals surface area contributed by atoms with Crippen LogP contribution in [-0.4, -0.2) is 37.2 Å². The molecule has 0 aromatic carbocycles. The van der Waals surface area contributed by atoms with Gasteiger partial charge in [-0.25, -0.2) is 0 Å². The number of hydrogen-bond acceptors (Lipinski definition) is 6. The number of esters is 3. The van der Waals surface area contributed by atoms with Gasteiger partial charge >= 0.3 is 17.9 Å². The molecule has 0 amide bonds. The van der Waals surface area contributed by atoms with E-state index in [0.717, 1.165) is 109 Å². The summed E-state index contributed by atoms with van der Waals surface area (Å²) in [7, 11) is 0. The quantitative estimate of drug-likeness (QED) is 0.0262. The van der Waals surface area contributed by atoms with Gasteiger partial charge in [-0.05, 0) is 103 Å². The second-order valence-corrected chi connectivity index (χ2v) is 17.4. The van der Waals surface area contributed by atoms with E-state index in [1.165, 1.54) is 57.8 Å². The number of carbonyl (C=O) groups excluding carboxylic acids is 3. The average molecular weight is 939 g/mol. The van der Waals surface area contributed by atoms with Crippen molar-refractivity contribution >= 4 is 17.9 Å². The molecule has 0 spiro atoms. The molecule has 382 valence electrons. The monoisotopic (exact) mass is 939 g/mol. The van der Waals surface area contributed by atoms with Gasteiger partial charge in [0, 0.05) is 19.3 Å². The molecule has 0 fully saturated rings. The Kier molecular flexibility index (Phi) is 51.5. The smallest absolute Gasteiger partial charge is 0.306 e. The Morgan fingerprint density at radius 1 is 0.309 bits per heavy atom. The van der Waals surface area contributed by atoms with Crippen LogP contribution in [-0.2, 0) is 28.6 Å². The van der Waals surface area contributed by atoms with Crippen LogP contribution >= 0.6 is 0 Å². The largest absolute Gasteiger partial charge is 0.462 e. The van der Waals surface area contributed by atoms with Gasteiger partial charge in [0.2, 0.25) is 0 Å². The molecule has 0 aliphatic rings. The molecule has 0 saturated heterocycles. The Morgan fingerprint density at radius 3 is 0.985 bits per heavy atom. The Morgan fingerprint density at radius 2 is 0.603 bits per heavy atom. The van der Waals surface area contributed by atoms with E-state index in [1.807, 2.05) is 12.2 Å². The van der Waals surface area contributed by atoms with Crippen molar-refractivity contribution in [1.29, 1.82) is 0 Å². The van der Waals surface area contributed by atoms with E-state index in [4.69, 9.17) is 14.2 Å². The molecule has 68 heavy (non-hydrogen) atoms. The maximum atomic E-state index is 12.8. The first-order valence-electron chi connectivity index (χ1n) is 27.2. The van der Waals surface area contributed by atoms with Crippen molar-refractivity contribution in [2.24, 2.45) is 0 Å². The van der Waals surface area contributed by atoms with Crippen LogP contribution in [0.2, 0.25) is 0 Å². The van der Waals surface area contributed by atoms with E-state index in [2.05, 4.69) is 142 Å². The molecule has 0 aromatic heterocycles. The summed E-state index contributed by atoms with van der Waals surface area (Å²) >= 11 is 0. The fraction of sp³-hybridized carbons (Fsp3) is 0.597. The van der Waals surface area contributed by atoms with Crippen molar-refractivity contribution in [3.05, 3.63) is 134 Å². The molecular weight excluding hydrogens is 841 g/mol. The van der Waals surface area contributed by atoms with Crippen LogP contribution in [0, 0.1) is 0 Å². The Balaban J connectivity index is 4.57. The molecule has 6 heteroatoms. The molecule has 0 heterocycles. The average Bonchev–Trinajstić information content (AvgIpc) is 3.34. The number of ether oxygens (including phenoxy) is 3. The van der Waals surface area contributed by atoms with Gasteiger partial charge in [0.1, 0.15) is 13.2 Å². The molecule has 0 saturated carbocycles. The molecule has 0 aliphatic carbocycles. The van der Waals surface area contributed by atoms with E-state index in [0.29, 0.717) is 19.3 Å². The van der Waals surface area contributed by atoms with Gasteiger partial charge in [-0.1, -0.05) is 231 Å². The van der Waals surface area contributed by atoms with E-state index in [9.17, 15) is 14.4 Å². The van der Waals surface area contributed by atoms with Crippen LogP contribution in [0.1, 0.15) is 220 Å². The summed E-state index contributed by atoms with van der Waals surface area (Å²) in [5.41, 5.74) is 0. The normalized spacial score (nSPS) is 13.2. The summed E-state index contributed by atoms with van der Waals surface area (Å²) in [6, 6.07) is 0. The predicted octanol–water partition coefficient (Wildman–Crippen LogP) is 18.3. The predicted molar refractivity (Wildman–Crippen MR) is 292 cm³/mol. The molecule has 0 radical (unpaired) electrons. The highest BCUT2D eigenvalue weighted by Gasteiger charge is 2.19. The minimum absolute atomic E-state index is 0.118. The van der Waals surface area contributed by atoms with Crippen LogP contribution in [0.15, 0.2) is 134 Å². The number of unbranched alkanes of at least 4 members (excludes halogenated alkanes) is 14. The van der Waals surface area contributed by atoms with Crippen molar-refractivity contribution in [2.75, 3.05) is 13.2 Å². The number of rotatable bonds is 47. The van der Waals surface area contributed by atoms with Gasteiger partial charge in [-0.3, -0.25) is 14.4 Å². The first-order chi connectivity index (χ1) is 33.5. The SMILES string of the molecule is CC/C=C\C/C=C\C/C=C\C/C=C\C/C=C\C/C=C\CCC(=O)OC[C@H](COC(=O)CCCCCCCCCCCCCC)OC(=O)CCCCC/C=C\C/C=C\C/C=C\C/C=C\C/C=C\CC. The maximum Gasteiger partial charge on any atom is 0.306 e. The van der Waals surface area contributed by atoms with E-state index in [-0.39, 0.29) is 44.0 Å². The summed E-state index contributed by atoms with van der Waals surface area (Å²) in [5.74, 6) is -1.04. The molecule has 1 atom stereocenters. The fourth-order valence-corrected chi connectivity index (χ4v) is 6.91. The summed E-state index contributed by atoms with van der Waals surface area (Å²) in [5, 5.41) is 0. The van der Waals surface area contributed by atoms with Crippen LogP contribution < -0.4 is 0 Å². The van der Waals surface area contributed by atoms with Crippen LogP contribution in [0.5, 0.6) is 0 Å². The zero-order chi connectivity index (χ0) is 49.3. The number of hydrogen-bond donors (Lipinski definition) is 0. The summed E-state index contributed by atoms with van der Waals surface area (Å²) in [6.45, 7) is 6.30. The standard InChI is InChI=1S/C62H98O6/c1-4-7-10-13-16-19-22-25-27-29-31-33-35-37-40-43-46-49-52-55-61(64)67-58-59(57-66-60(63)54-51-48-45-42-39-24-21-18-15-12-9-6-3)68-62(65)56-53-50-47-44-41-38-36-34-32-30-28-26-23-20-17-14-11-8-5-2/h7-8,10-11,16-17,19-20,25-28,31-34,37-38,40-41,46,49,59H,4-6,9,12-15,18,21-24,29-30,35-36,39,42-45,47-48,50-58H2,1-3H3/b10-7-,11-8-,19-16-,20-17-,27-25-,28-26-,33-31-,34-32-,40-37-,41-38-,49-46-/t59-/m0/s1. The molecule has 0 bridgehead atoms. The second kappa shape index (κ2) is 55.1. The van der Waals surface area contributed by atoms with Gasteiger partial charge in [0.15, 0.2) is 6.10 Å². The fourth-order valence-electron chi connectivity index (χ4n) is 6.91. The summed E-state index contributed by atoms with van der Waals surface area (Å²) in [6.07, 6.45) is 77.3. The summed E-state index contributed by atoms with van der Waals surface area (Å²) < 4.78 is 16.7. The van der Waals surface area contributed by atoms with Gasteiger partial charge in [0.05, 0.1) is 0 Å². The third-order valence-corrected chi connectivity index (χ3v) is 10.9. The lowest BCUT2D eigenvalue weighted by atomic mass is 10.0. The topological polar surface area (TPSA) is 78.9 Å². The highest BCUT2D eigenvalue weighted by atomic mass is 16.6. The highest BCUT2D eigenvalue weighted by Crippen LogP contribution is 2.14.